The fraction of sp³-hybridized carbons (Fsp3) is 0.136. The van der Waals surface area contributed by atoms with Crippen molar-refractivity contribution in [3.8, 4) is 5.75 Å². The lowest BCUT2D eigenvalue weighted by Crippen LogP contribution is -2.30. The Balaban J connectivity index is 1.64. The number of rotatable bonds is 5. The molecule has 0 bridgehead atoms. The molecule has 1 aromatic heterocycles. The summed E-state index contributed by atoms with van der Waals surface area (Å²) in [5, 5.41) is 7.72. The number of hydrogen-bond acceptors (Lipinski definition) is 4. The van der Waals surface area contributed by atoms with Gasteiger partial charge < -0.3 is 10.1 Å². The highest BCUT2D eigenvalue weighted by atomic mass is 79.9. The maximum Gasteiger partial charge on any atom is 0.281 e. The van der Waals surface area contributed by atoms with E-state index in [9.17, 15) is 4.79 Å². The minimum Gasteiger partial charge on any atom is -0.496 e. The molecular weight excluding hydrogens is 464 g/mol. The highest BCUT2D eigenvalue weighted by Crippen LogP contribution is 2.27. The molecular formula is C22H19BrN4O2S. The van der Waals surface area contributed by atoms with Gasteiger partial charge in [-0.3, -0.25) is 14.4 Å². The van der Waals surface area contributed by atoms with Crippen molar-refractivity contribution < 1.29 is 9.53 Å². The van der Waals surface area contributed by atoms with Crippen molar-refractivity contribution in [3.63, 3.8) is 0 Å². The Bertz CT molecular complexity index is 1170. The average Bonchev–Trinajstić information content (AvgIpc) is 3.25. The number of methoxy groups -OCH3 is 1. The molecule has 0 saturated carbocycles. The van der Waals surface area contributed by atoms with Crippen LogP contribution in [0.3, 0.4) is 0 Å². The van der Waals surface area contributed by atoms with Crippen LogP contribution in [-0.2, 0) is 11.3 Å². The number of amides is 1. The molecule has 3 aromatic rings. The third-order valence-corrected chi connectivity index (χ3v) is 5.48. The number of hydrogen-bond donors (Lipinski definition) is 1. The number of nitrogens with one attached hydrogen (secondary N) is 1. The summed E-state index contributed by atoms with van der Waals surface area (Å²) in [6.45, 7) is 2.50. The van der Waals surface area contributed by atoms with Gasteiger partial charge in [-0.25, -0.2) is 0 Å². The van der Waals surface area contributed by atoms with Gasteiger partial charge in [0.1, 0.15) is 11.4 Å². The summed E-state index contributed by atoms with van der Waals surface area (Å²) in [7, 11) is 1.64. The summed E-state index contributed by atoms with van der Waals surface area (Å²) < 4.78 is 8.21. The van der Waals surface area contributed by atoms with Gasteiger partial charge in [-0.1, -0.05) is 24.3 Å². The number of nitrogens with zero attached hydrogens (tertiary/aromatic N) is 3. The van der Waals surface area contributed by atoms with E-state index in [0.29, 0.717) is 17.4 Å². The Hall–Kier alpha value is -2.97. The smallest absolute Gasteiger partial charge is 0.281 e. The zero-order valence-electron chi connectivity index (χ0n) is 16.4. The number of aryl methyl sites for hydroxylation is 1. The van der Waals surface area contributed by atoms with Gasteiger partial charge in [0.15, 0.2) is 5.11 Å². The van der Waals surface area contributed by atoms with Crippen molar-refractivity contribution in [2.45, 2.75) is 13.5 Å². The Morgan fingerprint density at radius 3 is 2.77 bits per heavy atom. The van der Waals surface area contributed by atoms with Crippen LogP contribution >= 0.6 is 28.1 Å². The SMILES string of the molecule is COc1ccc(/C=C2/NC(=S)N(c3ccccc3C)C2=O)cc1Cn1cc(Br)cn1. The van der Waals surface area contributed by atoms with E-state index in [1.54, 1.807) is 19.4 Å². The van der Waals surface area contributed by atoms with Crippen LogP contribution in [0.4, 0.5) is 5.69 Å². The topological polar surface area (TPSA) is 59.4 Å². The molecule has 6 nitrogen and oxygen atoms in total. The second-order valence-electron chi connectivity index (χ2n) is 6.84. The standard InChI is InChI=1S/C22H19BrN4O2S/c1-14-5-3-4-6-19(14)27-21(28)18(25-22(27)30)10-15-7-8-20(29-2)16(9-15)12-26-13-17(23)11-24-26/h3-11,13H,12H2,1-2H3,(H,25,30)/b18-10+. The monoisotopic (exact) mass is 482 g/mol. The van der Waals surface area contributed by atoms with Crippen molar-refractivity contribution in [3.05, 3.63) is 81.7 Å². The molecule has 1 aliphatic rings. The quantitative estimate of drug-likeness (QED) is 0.434. The molecule has 8 heteroatoms. The zero-order chi connectivity index (χ0) is 21.3. The second kappa shape index (κ2) is 8.41. The molecule has 1 fully saturated rings. The molecule has 0 unspecified atom stereocenters. The van der Waals surface area contributed by atoms with Gasteiger partial charge in [-0.15, -0.1) is 0 Å². The lowest BCUT2D eigenvalue weighted by Gasteiger charge is -2.16. The highest BCUT2D eigenvalue weighted by Gasteiger charge is 2.32. The van der Waals surface area contributed by atoms with E-state index in [-0.39, 0.29) is 5.91 Å². The van der Waals surface area contributed by atoms with Crippen molar-refractivity contribution in [2.24, 2.45) is 0 Å². The predicted octanol–water partition coefficient (Wildman–Crippen LogP) is 4.27. The van der Waals surface area contributed by atoms with Crippen LogP contribution in [0, 0.1) is 6.92 Å². The lowest BCUT2D eigenvalue weighted by molar-refractivity contribution is -0.113. The van der Waals surface area contributed by atoms with Crippen LogP contribution in [0.1, 0.15) is 16.7 Å². The van der Waals surface area contributed by atoms with Crippen LogP contribution in [0.5, 0.6) is 5.75 Å². The van der Waals surface area contributed by atoms with Gasteiger partial charge in [-0.05, 0) is 70.5 Å². The normalized spacial score (nSPS) is 15.0. The van der Waals surface area contributed by atoms with E-state index < -0.39 is 0 Å². The molecule has 0 aliphatic carbocycles. The molecule has 2 heterocycles. The van der Waals surface area contributed by atoms with E-state index >= 15 is 0 Å². The number of anilines is 1. The second-order valence-corrected chi connectivity index (χ2v) is 8.15. The Kier molecular flexibility index (Phi) is 5.69. The van der Waals surface area contributed by atoms with E-state index in [1.807, 2.05) is 60.3 Å². The Morgan fingerprint density at radius 1 is 1.27 bits per heavy atom. The van der Waals surface area contributed by atoms with Gasteiger partial charge >= 0.3 is 0 Å². The van der Waals surface area contributed by atoms with Crippen LogP contribution in [-0.4, -0.2) is 27.9 Å². The van der Waals surface area contributed by atoms with E-state index in [0.717, 1.165) is 32.6 Å². The maximum atomic E-state index is 13.0. The summed E-state index contributed by atoms with van der Waals surface area (Å²) in [6.07, 6.45) is 5.43. The van der Waals surface area contributed by atoms with Crippen LogP contribution < -0.4 is 15.0 Å². The molecule has 30 heavy (non-hydrogen) atoms. The number of benzene rings is 2. The number of ether oxygens (including phenoxy) is 1. The number of carbonyl (C=O) groups is 1. The largest absolute Gasteiger partial charge is 0.496 e. The predicted molar refractivity (Wildman–Crippen MR) is 124 cm³/mol. The first kappa shape index (κ1) is 20.3. The minimum absolute atomic E-state index is 0.178. The highest BCUT2D eigenvalue weighted by molar-refractivity contribution is 9.10. The summed E-state index contributed by atoms with van der Waals surface area (Å²) in [5.41, 5.74) is 4.01. The molecule has 4 rings (SSSR count). The minimum atomic E-state index is -0.178. The van der Waals surface area contributed by atoms with E-state index in [1.165, 1.54) is 4.90 Å². The van der Waals surface area contributed by atoms with Crippen LogP contribution in [0.15, 0.2) is 65.0 Å². The maximum absolute atomic E-state index is 13.0. The third kappa shape index (κ3) is 4.01. The molecule has 1 saturated heterocycles. The average molecular weight is 483 g/mol. The first-order valence-electron chi connectivity index (χ1n) is 9.24. The summed E-state index contributed by atoms with van der Waals surface area (Å²) in [6, 6.07) is 13.4. The van der Waals surface area contributed by atoms with Crippen LogP contribution in [0.2, 0.25) is 0 Å². The molecule has 1 amide bonds. The number of aromatic nitrogens is 2. The molecule has 0 radical (unpaired) electrons. The number of thiocarbonyl (C=S) groups is 1. The van der Waals surface area contributed by atoms with E-state index in [4.69, 9.17) is 17.0 Å². The number of carbonyl (C=O) groups excluding carboxylic acids is 1. The first-order chi connectivity index (χ1) is 14.5. The molecule has 1 aliphatic heterocycles. The molecule has 0 atom stereocenters. The fourth-order valence-electron chi connectivity index (χ4n) is 3.35. The van der Waals surface area contributed by atoms with Crippen molar-refractivity contribution >= 4 is 50.9 Å². The van der Waals surface area contributed by atoms with Crippen molar-refractivity contribution in [1.82, 2.24) is 15.1 Å². The number of para-hydroxylation sites is 1. The summed E-state index contributed by atoms with van der Waals surface area (Å²) >= 11 is 8.83. The van der Waals surface area contributed by atoms with Crippen LogP contribution in [0.25, 0.3) is 6.08 Å². The van der Waals surface area contributed by atoms with Gasteiger partial charge in [-0.2, -0.15) is 5.10 Å². The number of halogens is 1. The Labute approximate surface area is 188 Å². The van der Waals surface area contributed by atoms with Crippen molar-refractivity contribution in [1.29, 1.82) is 0 Å². The zero-order valence-corrected chi connectivity index (χ0v) is 18.8. The van der Waals surface area contributed by atoms with Crippen molar-refractivity contribution in [2.75, 3.05) is 12.0 Å². The van der Waals surface area contributed by atoms with Gasteiger partial charge in [0.05, 0.1) is 30.0 Å². The fourth-order valence-corrected chi connectivity index (χ4v) is 3.97. The molecule has 2 aromatic carbocycles. The van der Waals surface area contributed by atoms with Gasteiger partial charge in [0, 0.05) is 11.8 Å². The summed E-state index contributed by atoms with van der Waals surface area (Å²) in [4.78, 5) is 14.6. The summed E-state index contributed by atoms with van der Waals surface area (Å²) in [5.74, 6) is 0.578. The molecule has 0 spiro atoms. The van der Waals surface area contributed by atoms with Gasteiger partial charge in [0.25, 0.3) is 5.91 Å². The molecule has 152 valence electrons. The lowest BCUT2D eigenvalue weighted by atomic mass is 10.1. The first-order valence-corrected chi connectivity index (χ1v) is 10.4. The third-order valence-electron chi connectivity index (χ3n) is 4.78. The van der Waals surface area contributed by atoms with Gasteiger partial charge in [0.2, 0.25) is 0 Å². The van der Waals surface area contributed by atoms with E-state index in [2.05, 4.69) is 26.3 Å². The molecule has 1 N–H and O–H groups in total. The Morgan fingerprint density at radius 2 is 2.07 bits per heavy atom.